The first kappa shape index (κ1) is 20.1. The second-order valence-electron chi connectivity index (χ2n) is 7.19. The maximum absolute atomic E-state index is 13.2. The molecule has 0 spiro atoms. The van der Waals surface area contributed by atoms with Crippen molar-refractivity contribution in [3.63, 3.8) is 0 Å². The Morgan fingerprint density at radius 1 is 1.29 bits per heavy atom. The molecule has 2 aromatic heterocycles. The molecule has 0 radical (unpaired) electrons. The van der Waals surface area contributed by atoms with E-state index in [1.54, 1.807) is 28.8 Å². The van der Waals surface area contributed by atoms with Gasteiger partial charge in [0.25, 0.3) is 5.91 Å². The minimum Gasteiger partial charge on any atom is -0.492 e. The van der Waals surface area contributed by atoms with Gasteiger partial charge in [-0.2, -0.15) is 5.10 Å². The summed E-state index contributed by atoms with van der Waals surface area (Å²) in [5.74, 6) is 0.872. The molecule has 6 nitrogen and oxygen atoms in total. The summed E-state index contributed by atoms with van der Waals surface area (Å²) in [6, 6.07) is 9.06. The number of hydrogen-bond donors (Lipinski definition) is 0. The average Bonchev–Trinajstić information content (AvgIpc) is 2.96. The average molecular weight is 401 g/mol. The molecule has 0 saturated heterocycles. The number of benzene rings is 1. The zero-order valence-electron chi connectivity index (χ0n) is 16.9. The molecule has 0 aliphatic rings. The van der Waals surface area contributed by atoms with Crippen LogP contribution < -0.4 is 4.74 Å². The van der Waals surface area contributed by atoms with E-state index in [1.807, 2.05) is 32.2 Å². The van der Waals surface area contributed by atoms with Crippen LogP contribution in [0.15, 0.2) is 30.3 Å². The van der Waals surface area contributed by atoms with Crippen molar-refractivity contribution >= 4 is 28.5 Å². The van der Waals surface area contributed by atoms with Crippen molar-refractivity contribution in [2.24, 2.45) is 7.05 Å². The Hall–Kier alpha value is -2.60. The van der Waals surface area contributed by atoms with Gasteiger partial charge in [0, 0.05) is 24.8 Å². The first-order valence-corrected chi connectivity index (χ1v) is 9.63. The maximum Gasteiger partial charge on any atom is 0.254 e. The second-order valence-corrected chi connectivity index (χ2v) is 7.62. The van der Waals surface area contributed by atoms with Crippen LogP contribution in [0, 0.1) is 6.92 Å². The molecule has 1 amide bonds. The molecule has 148 valence electrons. The van der Waals surface area contributed by atoms with Crippen molar-refractivity contribution in [3.05, 3.63) is 52.3 Å². The first-order valence-electron chi connectivity index (χ1n) is 9.26. The largest absolute Gasteiger partial charge is 0.492 e. The van der Waals surface area contributed by atoms with E-state index in [2.05, 4.69) is 18.9 Å². The quantitative estimate of drug-likeness (QED) is 0.622. The van der Waals surface area contributed by atoms with Gasteiger partial charge >= 0.3 is 0 Å². The molecule has 1 aromatic carbocycles. The van der Waals surface area contributed by atoms with Crippen LogP contribution in [-0.4, -0.2) is 45.8 Å². The fraction of sp³-hybridized carbons (Fsp3) is 0.381. The fourth-order valence-corrected chi connectivity index (χ4v) is 3.19. The highest BCUT2D eigenvalue weighted by Crippen LogP contribution is 2.25. The topological polar surface area (TPSA) is 60.2 Å². The molecule has 0 bridgehead atoms. The molecule has 0 saturated carbocycles. The molecular formula is C21H25ClN4O2. The van der Waals surface area contributed by atoms with Gasteiger partial charge in [0.2, 0.25) is 0 Å². The number of amides is 1. The van der Waals surface area contributed by atoms with Crippen molar-refractivity contribution in [1.29, 1.82) is 0 Å². The van der Waals surface area contributed by atoms with Crippen molar-refractivity contribution in [2.75, 3.05) is 20.2 Å². The Morgan fingerprint density at radius 2 is 1.96 bits per heavy atom. The van der Waals surface area contributed by atoms with Crippen LogP contribution in [0.3, 0.4) is 0 Å². The standard InChI is InChI=1S/C21H25ClN4O2/c1-13(2)18-12-17(19-14(3)24-26(5)20(19)23-18)21(27)25(4)10-11-28-16-8-6-15(22)7-9-16/h6-9,12-13H,10-11H2,1-5H3. The van der Waals surface area contributed by atoms with Crippen molar-refractivity contribution in [3.8, 4) is 5.75 Å². The van der Waals surface area contributed by atoms with E-state index >= 15 is 0 Å². The Kier molecular flexibility index (Phi) is 5.89. The predicted octanol–water partition coefficient (Wildman–Crippen LogP) is 4.20. The van der Waals surface area contributed by atoms with Crippen molar-refractivity contribution in [1.82, 2.24) is 19.7 Å². The molecular weight excluding hydrogens is 376 g/mol. The molecule has 0 fully saturated rings. The Bertz CT molecular complexity index is 996. The number of carbonyl (C=O) groups is 1. The van der Waals surface area contributed by atoms with Crippen LogP contribution in [-0.2, 0) is 7.05 Å². The fourth-order valence-electron chi connectivity index (χ4n) is 3.07. The number of fused-ring (bicyclic) bond motifs is 1. The molecule has 3 aromatic rings. The number of aryl methyl sites for hydroxylation is 2. The molecule has 2 heterocycles. The monoisotopic (exact) mass is 400 g/mol. The van der Waals surface area contributed by atoms with Gasteiger partial charge in [-0.05, 0) is 43.2 Å². The Morgan fingerprint density at radius 3 is 2.61 bits per heavy atom. The van der Waals surface area contributed by atoms with Gasteiger partial charge in [-0.3, -0.25) is 9.48 Å². The molecule has 0 aliphatic carbocycles. The highest BCUT2D eigenvalue weighted by Gasteiger charge is 2.22. The van der Waals surface area contributed by atoms with E-state index in [4.69, 9.17) is 21.3 Å². The molecule has 7 heteroatoms. The number of nitrogens with zero attached hydrogens (tertiary/aromatic N) is 4. The van der Waals surface area contributed by atoms with Crippen LogP contribution >= 0.6 is 11.6 Å². The van der Waals surface area contributed by atoms with Gasteiger partial charge in [0.1, 0.15) is 12.4 Å². The number of halogens is 1. The SMILES string of the molecule is Cc1nn(C)c2nc(C(C)C)cc(C(=O)N(C)CCOc3ccc(Cl)cc3)c12. The normalized spacial score (nSPS) is 11.2. The van der Waals surface area contributed by atoms with Gasteiger partial charge in [0.15, 0.2) is 5.65 Å². The lowest BCUT2D eigenvalue weighted by atomic mass is 10.0. The third kappa shape index (κ3) is 4.12. The van der Waals surface area contributed by atoms with Crippen LogP contribution in [0.5, 0.6) is 5.75 Å². The summed E-state index contributed by atoms with van der Waals surface area (Å²) in [6.07, 6.45) is 0. The van der Waals surface area contributed by atoms with Crippen LogP contribution in [0.2, 0.25) is 5.02 Å². The van der Waals surface area contributed by atoms with E-state index in [9.17, 15) is 4.79 Å². The van der Waals surface area contributed by atoms with Gasteiger partial charge in [0.05, 0.1) is 23.2 Å². The van der Waals surface area contributed by atoms with E-state index in [-0.39, 0.29) is 11.8 Å². The van der Waals surface area contributed by atoms with E-state index in [0.29, 0.717) is 23.7 Å². The highest BCUT2D eigenvalue weighted by molar-refractivity contribution is 6.30. The van der Waals surface area contributed by atoms with E-state index in [0.717, 1.165) is 28.2 Å². The van der Waals surface area contributed by atoms with Gasteiger partial charge < -0.3 is 9.64 Å². The molecule has 0 unspecified atom stereocenters. The van der Waals surface area contributed by atoms with Crippen LogP contribution in [0.25, 0.3) is 11.0 Å². The lowest BCUT2D eigenvalue weighted by Gasteiger charge is -2.19. The molecule has 0 N–H and O–H groups in total. The smallest absolute Gasteiger partial charge is 0.254 e. The van der Waals surface area contributed by atoms with Gasteiger partial charge in [-0.25, -0.2) is 4.98 Å². The number of rotatable bonds is 6. The summed E-state index contributed by atoms with van der Waals surface area (Å²) in [7, 11) is 3.63. The number of carbonyl (C=O) groups excluding carboxylic acids is 1. The number of likely N-dealkylation sites (N-methyl/N-ethyl adjacent to an activating group) is 1. The number of hydrogen-bond acceptors (Lipinski definition) is 4. The Balaban J connectivity index is 1.80. The molecule has 3 rings (SSSR count). The number of pyridine rings is 1. The zero-order valence-corrected chi connectivity index (χ0v) is 17.6. The summed E-state index contributed by atoms with van der Waals surface area (Å²) in [5.41, 5.74) is 3.05. The predicted molar refractivity (Wildman–Crippen MR) is 111 cm³/mol. The number of ether oxygens (including phenoxy) is 1. The van der Waals surface area contributed by atoms with E-state index in [1.165, 1.54) is 0 Å². The highest BCUT2D eigenvalue weighted by atomic mass is 35.5. The van der Waals surface area contributed by atoms with Crippen LogP contribution in [0.4, 0.5) is 0 Å². The summed E-state index contributed by atoms with van der Waals surface area (Å²) >= 11 is 5.88. The molecule has 28 heavy (non-hydrogen) atoms. The maximum atomic E-state index is 13.2. The van der Waals surface area contributed by atoms with E-state index < -0.39 is 0 Å². The lowest BCUT2D eigenvalue weighted by Crippen LogP contribution is -2.31. The molecule has 0 atom stereocenters. The second kappa shape index (κ2) is 8.19. The number of aromatic nitrogens is 3. The zero-order chi connectivity index (χ0) is 20.4. The summed E-state index contributed by atoms with van der Waals surface area (Å²) in [6.45, 7) is 6.88. The minimum absolute atomic E-state index is 0.0647. The third-order valence-electron chi connectivity index (χ3n) is 4.67. The first-order chi connectivity index (χ1) is 13.3. The summed E-state index contributed by atoms with van der Waals surface area (Å²) in [4.78, 5) is 19.5. The summed E-state index contributed by atoms with van der Waals surface area (Å²) < 4.78 is 7.45. The van der Waals surface area contributed by atoms with Gasteiger partial charge in [-0.15, -0.1) is 0 Å². The van der Waals surface area contributed by atoms with Gasteiger partial charge in [-0.1, -0.05) is 25.4 Å². The third-order valence-corrected chi connectivity index (χ3v) is 4.92. The summed E-state index contributed by atoms with van der Waals surface area (Å²) in [5, 5.41) is 5.92. The van der Waals surface area contributed by atoms with Crippen molar-refractivity contribution < 1.29 is 9.53 Å². The molecule has 0 aliphatic heterocycles. The van der Waals surface area contributed by atoms with Crippen LogP contribution in [0.1, 0.15) is 41.5 Å². The minimum atomic E-state index is -0.0647. The lowest BCUT2D eigenvalue weighted by molar-refractivity contribution is 0.0775. The Labute approximate surface area is 170 Å². The van der Waals surface area contributed by atoms with Crippen molar-refractivity contribution in [2.45, 2.75) is 26.7 Å².